The highest BCUT2D eigenvalue weighted by atomic mass is 16.5. The van der Waals surface area contributed by atoms with Crippen LogP contribution in [0.15, 0.2) is 35.6 Å². The summed E-state index contributed by atoms with van der Waals surface area (Å²) in [5.41, 5.74) is 7.78. The second-order valence-corrected chi connectivity index (χ2v) is 7.27. The number of aromatic amines is 1. The molecule has 0 aliphatic rings. The number of benzene rings is 1. The minimum atomic E-state index is -0.287. The van der Waals surface area contributed by atoms with Crippen molar-refractivity contribution < 1.29 is 9.53 Å². The van der Waals surface area contributed by atoms with Gasteiger partial charge in [-0.1, -0.05) is 32.9 Å². The van der Waals surface area contributed by atoms with Crippen molar-refractivity contribution in [2.24, 2.45) is 5.10 Å². The summed E-state index contributed by atoms with van der Waals surface area (Å²) in [5, 5.41) is 4.16. The highest BCUT2D eigenvalue weighted by molar-refractivity contribution is 6.01. The SMILES string of the molecule is C/C(=N\NC(=O)COc1ccc(C(C)(C)C)cc1)c1c(C)c[nH]c1C. The third-order valence-corrected chi connectivity index (χ3v) is 4.07. The van der Waals surface area contributed by atoms with Crippen LogP contribution in [0.5, 0.6) is 5.75 Å². The number of hydrazone groups is 1. The summed E-state index contributed by atoms with van der Waals surface area (Å²) in [6, 6.07) is 7.81. The summed E-state index contributed by atoms with van der Waals surface area (Å²) in [6.45, 7) is 12.3. The van der Waals surface area contributed by atoms with Gasteiger partial charge in [-0.3, -0.25) is 4.79 Å². The Morgan fingerprint density at radius 1 is 1.20 bits per heavy atom. The first-order valence-electron chi connectivity index (χ1n) is 8.40. The van der Waals surface area contributed by atoms with Crippen LogP contribution >= 0.6 is 0 Å². The molecule has 0 aliphatic carbocycles. The first-order valence-corrected chi connectivity index (χ1v) is 8.40. The molecule has 0 bridgehead atoms. The molecule has 0 fully saturated rings. The number of nitrogens with zero attached hydrogens (tertiary/aromatic N) is 1. The molecule has 0 unspecified atom stereocenters. The van der Waals surface area contributed by atoms with Gasteiger partial charge in [-0.05, 0) is 49.4 Å². The molecule has 2 N–H and O–H groups in total. The molecule has 1 aromatic heterocycles. The van der Waals surface area contributed by atoms with Gasteiger partial charge < -0.3 is 9.72 Å². The summed E-state index contributed by atoms with van der Waals surface area (Å²) in [6.07, 6.45) is 1.93. The van der Waals surface area contributed by atoms with Crippen LogP contribution in [0, 0.1) is 13.8 Å². The molecule has 5 nitrogen and oxygen atoms in total. The van der Waals surface area contributed by atoms with Crippen molar-refractivity contribution in [2.45, 2.75) is 47.0 Å². The van der Waals surface area contributed by atoms with Gasteiger partial charge in [0.2, 0.25) is 0 Å². The normalized spacial score (nSPS) is 12.2. The van der Waals surface area contributed by atoms with Crippen LogP contribution in [-0.2, 0) is 10.2 Å². The number of aromatic nitrogens is 1. The minimum Gasteiger partial charge on any atom is -0.484 e. The number of rotatable bonds is 5. The van der Waals surface area contributed by atoms with Crippen molar-refractivity contribution in [3.8, 4) is 5.75 Å². The number of ether oxygens (including phenoxy) is 1. The van der Waals surface area contributed by atoms with Crippen molar-refractivity contribution in [3.63, 3.8) is 0 Å². The van der Waals surface area contributed by atoms with Gasteiger partial charge in [0, 0.05) is 17.5 Å². The Kier molecular flexibility index (Phi) is 5.67. The number of amides is 1. The standard InChI is InChI=1S/C20H27N3O2/c1-13-11-21-14(2)19(13)15(3)22-23-18(24)12-25-17-9-7-16(8-10-17)20(4,5)6/h7-11,21H,12H2,1-6H3,(H,23,24)/b22-15+. The molecular formula is C20H27N3O2. The predicted octanol–water partition coefficient (Wildman–Crippen LogP) is 3.85. The first kappa shape index (κ1) is 18.8. The molecule has 2 aromatic rings. The maximum absolute atomic E-state index is 11.9. The van der Waals surface area contributed by atoms with E-state index in [2.05, 4.69) is 36.3 Å². The lowest BCUT2D eigenvalue weighted by Crippen LogP contribution is -2.25. The van der Waals surface area contributed by atoms with E-state index in [0.29, 0.717) is 5.75 Å². The van der Waals surface area contributed by atoms with E-state index in [4.69, 9.17) is 4.74 Å². The topological polar surface area (TPSA) is 66.5 Å². The van der Waals surface area contributed by atoms with Crippen LogP contribution in [-0.4, -0.2) is 23.2 Å². The van der Waals surface area contributed by atoms with Gasteiger partial charge in [-0.2, -0.15) is 5.10 Å². The molecule has 0 radical (unpaired) electrons. The summed E-state index contributed by atoms with van der Waals surface area (Å²) in [5.74, 6) is 0.381. The Morgan fingerprint density at radius 3 is 2.36 bits per heavy atom. The maximum Gasteiger partial charge on any atom is 0.277 e. The smallest absolute Gasteiger partial charge is 0.277 e. The second kappa shape index (κ2) is 7.55. The van der Waals surface area contributed by atoms with E-state index in [1.54, 1.807) is 0 Å². The van der Waals surface area contributed by atoms with Gasteiger partial charge in [0.15, 0.2) is 6.61 Å². The van der Waals surface area contributed by atoms with Crippen molar-refractivity contribution in [1.82, 2.24) is 10.4 Å². The van der Waals surface area contributed by atoms with E-state index in [9.17, 15) is 4.79 Å². The molecule has 2 rings (SSSR count). The summed E-state index contributed by atoms with van der Waals surface area (Å²) in [4.78, 5) is 15.1. The van der Waals surface area contributed by atoms with Gasteiger partial charge in [0.1, 0.15) is 5.75 Å². The van der Waals surface area contributed by atoms with Gasteiger partial charge in [0.25, 0.3) is 5.91 Å². The summed E-state index contributed by atoms with van der Waals surface area (Å²) < 4.78 is 5.52. The van der Waals surface area contributed by atoms with Gasteiger partial charge in [0.05, 0.1) is 5.71 Å². The van der Waals surface area contributed by atoms with E-state index < -0.39 is 0 Å². The zero-order valence-electron chi connectivity index (χ0n) is 15.9. The van der Waals surface area contributed by atoms with Crippen molar-refractivity contribution in [1.29, 1.82) is 0 Å². The number of hydrogen-bond acceptors (Lipinski definition) is 3. The fraction of sp³-hybridized carbons (Fsp3) is 0.400. The van der Waals surface area contributed by atoms with Crippen LogP contribution in [0.1, 0.15) is 50.1 Å². The second-order valence-electron chi connectivity index (χ2n) is 7.27. The van der Waals surface area contributed by atoms with Gasteiger partial charge in [-0.15, -0.1) is 0 Å². The maximum atomic E-state index is 11.9. The molecule has 134 valence electrons. The monoisotopic (exact) mass is 341 g/mol. The Balaban J connectivity index is 1.90. The number of aryl methyl sites for hydroxylation is 2. The van der Waals surface area contributed by atoms with Crippen LogP contribution in [0.25, 0.3) is 0 Å². The number of carbonyl (C=O) groups excluding carboxylic acids is 1. The molecule has 25 heavy (non-hydrogen) atoms. The summed E-state index contributed by atoms with van der Waals surface area (Å²) >= 11 is 0. The molecule has 5 heteroatoms. The number of carbonyl (C=O) groups is 1. The van der Waals surface area contributed by atoms with Crippen molar-refractivity contribution in [3.05, 3.63) is 52.8 Å². The lowest BCUT2D eigenvalue weighted by atomic mass is 9.87. The van der Waals surface area contributed by atoms with Gasteiger partial charge in [-0.25, -0.2) is 5.43 Å². The number of H-pyrrole nitrogens is 1. The molecule has 1 amide bonds. The van der Waals surface area contributed by atoms with E-state index in [1.807, 2.05) is 51.2 Å². The lowest BCUT2D eigenvalue weighted by molar-refractivity contribution is -0.123. The van der Waals surface area contributed by atoms with Crippen LogP contribution in [0.4, 0.5) is 0 Å². The molecule has 0 saturated carbocycles. The van der Waals surface area contributed by atoms with E-state index in [-0.39, 0.29) is 17.9 Å². The lowest BCUT2D eigenvalue weighted by Gasteiger charge is -2.19. The average molecular weight is 341 g/mol. The fourth-order valence-electron chi connectivity index (χ4n) is 2.65. The molecule has 0 saturated heterocycles. The highest BCUT2D eigenvalue weighted by Gasteiger charge is 2.13. The van der Waals surface area contributed by atoms with E-state index in [0.717, 1.165) is 22.5 Å². The fourth-order valence-corrected chi connectivity index (χ4v) is 2.65. The molecule has 1 aromatic carbocycles. The van der Waals surface area contributed by atoms with Crippen LogP contribution < -0.4 is 10.2 Å². The molecule has 0 atom stereocenters. The Hall–Kier alpha value is -2.56. The minimum absolute atomic E-state index is 0.0727. The third kappa shape index (κ3) is 4.95. The van der Waals surface area contributed by atoms with Crippen molar-refractivity contribution in [2.75, 3.05) is 6.61 Å². The van der Waals surface area contributed by atoms with Gasteiger partial charge >= 0.3 is 0 Å². The molecular weight excluding hydrogens is 314 g/mol. The van der Waals surface area contributed by atoms with Crippen LogP contribution in [0.2, 0.25) is 0 Å². The van der Waals surface area contributed by atoms with Crippen molar-refractivity contribution >= 4 is 11.6 Å². The van der Waals surface area contributed by atoms with E-state index in [1.165, 1.54) is 5.56 Å². The molecule has 0 aliphatic heterocycles. The Morgan fingerprint density at radius 2 is 1.84 bits per heavy atom. The predicted molar refractivity (Wildman–Crippen MR) is 101 cm³/mol. The number of nitrogens with one attached hydrogen (secondary N) is 2. The van der Waals surface area contributed by atoms with Crippen LogP contribution in [0.3, 0.4) is 0 Å². The Bertz CT molecular complexity index is 746. The number of hydrogen-bond donors (Lipinski definition) is 2. The average Bonchev–Trinajstić information content (AvgIpc) is 2.89. The summed E-state index contributed by atoms with van der Waals surface area (Å²) in [7, 11) is 0. The largest absolute Gasteiger partial charge is 0.484 e. The third-order valence-electron chi connectivity index (χ3n) is 4.07. The molecule has 0 spiro atoms. The van der Waals surface area contributed by atoms with E-state index >= 15 is 0 Å². The zero-order valence-corrected chi connectivity index (χ0v) is 15.9. The molecule has 1 heterocycles. The highest BCUT2D eigenvalue weighted by Crippen LogP contribution is 2.24. The Labute approximate surface area is 149 Å². The first-order chi connectivity index (χ1) is 11.7. The quantitative estimate of drug-likeness (QED) is 0.641. The zero-order chi connectivity index (χ0) is 18.6.